The molecule has 2 N–H and O–H groups in total. The highest BCUT2D eigenvalue weighted by atomic mass is 35.5. The molecule has 0 amide bonds. The molecule has 2 heterocycles. The predicted molar refractivity (Wildman–Crippen MR) is 48.4 cm³/mol. The van der Waals surface area contributed by atoms with Crippen LogP contribution in [0.5, 0.6) is 0 Å². The summed E-state index contributed by atoms with van der Waals surface area (Å²) >= 11 is 5.93. The van der Waals surface area contributed by atoms with Gasteiger partial charge in [-0.25, -0.2) is 0 Å². The Morgan fingerprint density at radius 3 is 3.08 bits per heavy atom. The molecule has 0 aliphatic carbocycles. The molecule has 1 aliphatic heterocycles. The van der Waals surface area contributed by atoms with E-state index in [-0.39, 0.29) is 0 Å². The highest BCUT2D eigenvalue weighted by molar-refractivity contribution is 6.30. The first kappa shape index (κ1) is 8.08. The van der Waals surface area contributed by atoms with Crippen molar-refractivity contribution >= 4 is 11.6 Å². The second kappa shape index (κ2) is 3.46. The molecular weight excluding hydrogens is 174 g/mol. The summed E-state index contributed by atoms with van der Waals surface area (Å²) in [4.78, 5) is 0. The maximum atomic E-state index is 5.93. The Labute approximate surface area is 76.5 Å². The van der Waals surface area contributed by atoms with Gasteiger partial charge in [-0.05, 0) is 19.4 Å². The van der Waals surface area contributed by atoms with Crippen molar-refractivity contribution in [3.8, 4) is 0 Å². The molecule has 1 aromatic rings. The molecule has 1 saturated heterocycles. The Balaban J connectivity index is 2.13. The Morgan fingerprint density at radius 2 is 2.50 bits per heavy atom. The van der Waals surface area contributed by atoms with Gasteiger partial charge in [0.1, 0.15) is 5.15 Å². The van der Waals surface area contributed by atoms with Crippen molar-refractivity contribution in [1.82, 2.24) is 15.5 Å². The SMILES string of the molecule is Clc1[nH]ncc1C1CCCNC1. The zero-order chi connectivity index (χ0) is 8.39. The zero-order valence-electron chi connectivity index (χ0n) is 6.81. The van der Waals surface area contributed by atoms with Gasteiger partial charge < -0.3 is 5.32 Å². The average Bonchev–Trinajstić information content (AvgIpc) is 2.53. The maximum Gasteiger partial charge on any atom is 0.127 e. The fourth-order valence-corrected chi connectivity index (χ4v) is 1.93. The molecule has 0 spiro atoms. The number of hydrogen-bond donors (Lipinski definition) is 2. The van der Waals surface area contributed by atoms with Gasteiger partial charge in [0.25, 0.3) is 0 Å². The molecule has 4 heteroatoms. The maximum absolute atomic E-state index is 5.93. The van der Waals surface area contributed by atoms with Gasteiger partial charge in [-0.15, -0.1) is 0 Å². The van der Waals surface area contributed by atoms with E-state index in [0.29, 0.717) is 11.1 Å². The minimum absolute atomic E-state index is 0.546. The van der Waals surface area contributed by atoms with Crippen LogP contribution < -0.4 is 5.32 Å². The van der Waals surface area contributed by atoms with Gasteiger partial charge in [-0.3, -0.25) is 5.10 Å². The molecule has 1 aromatic heterocycles. The quantitative estimate of drug-likeness (QED) is 0.697. The van der Waals surface area contributed by atoms with Crippen molar-refractivity contribution in [3.63, 3.8) is 0 Å². The second-order valence-corrected chi connectivity index (χ2v) is 3.56. The Hall–Kier alpha value is -0.540. The summed E-state index contributed by atoms with van der Waals surface area (Å²) in [7, 11) is 0. The summed E-state index contributed by atoms with van der Waals surface area (Å²) < 4.78 is 0. The van der Waals surface area contributed by atoms with E-state index in [1.165, 1.54) is 12.8 Å². The topological polar surface area (TPSA) is 40.7 Å². The summed E-state index contributed by atoms with van der Waals surface area (Å²) in [5.41, 5.74) is 1.16. The van der Waals surface area contributed by atoms with Gasteiger partial charge in [0.2, 0.25) is 0 Å². The van der Waals surface area contributed by atoms with Crippen LogP contribution in [-0.4, -0.2) is 23.3 Å². The summed E-state index contributed by atoms with van der Waals surface area (Å²) in [6.07, 6.45) is 4.28. The summed E-state index contributed by atoms with van der Waals surface area (Å²) in [5.74, 6) is 0.546. The smallest absolute Gasteiger partial charge is 0.127 e. The fraction of sp³-hybridized carbons (Fsp3) is 0.625. The third kappa shape index (κ3) is 1.47. The predicted octanol–water partition coefficient (Wildman–Crippen LogP) is 1.53. The highest BCUT2D eigenvalue weighted by Crippen LogP contribution is 2.27. The molecule has 0 bridgehead atoms. The van der Waals surface area contributed by atoms with Gasteiger partial charge in [-0.2, -0.15) is 5.10 Å². The van der Waals surface area contributed by atoms with E-state index in [1.54, 1.807) is 0 Å². The zero-order valence-corrected chi connectivity index (χ0v) is 7.56. The lowest BCUT2D eigenvalue weighted by atomic mass is 9.94. The first-order valence-electron chi connectivity index (χ1n) is 4.27. The molecule has 12 heavy (non-hydrogen) atoms. The van der Waals surface area contributed by atoms with Crippen LogP contribution in [-0.2, 0) is 0 Å². The Morgan fingerprint density at radius 1 is 1.58 bits per heavy atom. The Kier molecular flexibility index (Phi) is 2.33. The Bertz CT molecular complexity index is 253. The highest BCUT2D eigenvalue weighted by Gasteiger charge is 2.18. The fourth-order valence-electron chi connectivity index (χ4n) is 1.68. The van der Waals surface area contributed by atoms with Crippen molar-refractivity contribution in [2.24, 2.45) is 0 Å². The number of nitrogens with zero attached hydrogens (tertiary/aromatic N) is 1. The van der Waals surface area contributed by atoms with Crippen molar-refractivity contribution in [2.75, 3.05) is 13.1 Å². The van der Waals surface area contributed by atoms with Crippen molar-refractivity contribution < 1.29 is 0 Å². The van der Waals surface area contributed by atoms with Crippen LogP contribution in [0.15, 0.2) is 6.20 Å². The number of piperidine rings is 1. The molecule has 0 radical (unpaired) electrons. The van der Waals surface area contributed by atoms with E-state index in [0.717, 1.165) is 18.7 Å². The molecule has 66 valence electrons. The number of rotatable bonds is 1. The molecule has 1 unspecified atom stereocenters. The normalized spacial score (nSPS) is 24.2. The number of nitrogens with one attached hydrogen (secondary N) is 2. The van der Waals surface area contributed by atoms with E-state index in [9.17, 15) is 0 Å². The number of aromatic amines is 1. The van der Waals surface area contributed by atoms with Gasteiger partial charge >= 0.3 is 0 Å². The van der Waals surface area contributed by atoms with Gasteiger partial charge in [-0.1, -0.05) is 11.6 Å². The van der Waals surface area contributed by atoms with E-state index in [1.807, 2.05) is 6.20 Å². The molecule has 0 saturated carbocycles. The van der Waals surface area contributed by atoms with Gasteiger partial charge in [0.05, 0.1) is 6.20 Å². The molecule has 1 atom stereocenters. The van der Waals surface area contributed by atoms with Crippen LogP contribution >= 0.6 is 11.6 Å². The molecular formula is C8H12ClN3. The molecule has 3 nitrogen and oxygen atoms in total. The number of halogens is 1. The van der Waals surface area contributed by atoms with E-state index >= 15 is 0 Å². The van der Waals surface area contributed by atoms with Crippen molar-refractivity contribution in [2.45, 2.75) is 18.8 Å². The summed E-state index contributed by atoms with van der Waals surface area (Å²) in [6.45, 7) is 2.16. The van der Waals surface area contributed by atoms with Crippen LogP contribution in [0, 0.1) is 0 Å². The minimum Gasteiger partial charge on any atom is -0.316 e. The van der Waals surface area contributed by atoms with E-state index in [2.05, 4.69) is 15.5 Å². The lowest BCUT2D eigenvalue weighted by Gasteiger charge is -2.21. The van der Waals surface area contributed by atoms with Crippen LogP contribution in [0.4, 0.5) is 0 Å². The standard InChI is InChI=1S/C8H12ClN3/c9-8-7(5-11-12-8)6-2-1-3-10-4-6/h5-6,10H,1-4H2,(H,11,12). The molecule has 0 aromatic carbocycles. The second-order valence-electron chi connectivity index (χ2n) is 3.18. The molecule has 2 rings (SSSR count). The summed E-state index contributed by atoms with van der Waals surface area (Å²) in [6, 6.07) is 0. The number of aromatic nitrogens is 2. The summed E-state index contributed by atoms with van der Waals surface area (Å²) in [5, 5.41) is 10.7. The third-order valence-corrected chi connectivity index (χ3v) is 2.66. The number of hydrogen-bond acceptors (Lipinski definition) is 2. The van der Waals surface area contributed by atoms with Gasteiger partial charge in [0.15, 0.2) is 0 Å². The van der Waals surface area contributed by atoms with Crippen molar-refractivity contribution in [3.05, 3.63) is 16.9 Å². The first-order chi connectivity index (χ1) is 5.88. The van der Waals surface area contributed by atoms with Crippen LogP contribution in [0.2, 0.25) is 5.15 Å². The van der Waals surface area contributed by atoms with E-state index in [4.69, 9.17) is 11.6 Å². The van der Waals surface area contributed by atoms with Crippen LogP contribution in [0.1, 0.15) is 24.3 Å². The lowest BCUT2D eigenvalue weighted by molar-refractivity contribution is 0.462. The van der Waals surface area contributed by atoms with Crippen molar-refractivity contribution in [1.29, 1.82) is 0 Å². The molecule has 1 aliphatic rings. The van der Waals surface area contributed by atoms with E-state index < -0.39 is 0 Å². The lowest BCUT2D eigenvalue weighted by Crippen LogP contribution is -2.28. The average molecular weight is 186 g/mol. The molecule has 1 fully saturated rings. The minimum atomic E-state index is 0.546. The monoisotopic (exact) mass is 185 g/mol. The van der Waals surface area contributed by atoms with Crippen LogP contribution in [0.3, 0.4) is 0 Å². The number of H-pyrrole nitrogens is 1. The van der Waals surface area contributed by atoms with Gasteiger partial charge in [0, 0.05) is 18.0 Å². The largest absolute Gasteiger partial charge is 0.316 e. The first-order valence-corrected chi connectivity index (χ1v) is 4.65. The third-order valence-electron chi connectivity index (χ3n) is 2.36. The van der Waals surface area contributed by atoms with Crippen LogP contribution in [0.25, 0.3) is 0 Å².